The molecule has 0 atom stereocenters. The van der Waals surface area contributed by atoms with Gasteiger partial charge in [-0.3, -0.25) is 4.79 Å². The van der Waals surface area contributed by atoms with Gasteiger partial charge >= 0.3 is 5.97 Å². The third-order valence-corrected chi connectivity index (χ3v) is 3.22. The number of hydrogen-bond donors (Lipinski definition) is 2. The van der Waals surface area contributed by atoms with Gasteiger partial charge in [-0.25, -0.2) is 4.79 Å². The third-order valence-electron chi connectivity index (χ3n) is 3.22. The van der Waals surface area contributed by atoms with Gasteiger partial charge in [0.05, 0.1) is 0 Å². The first-order valence-electron chi connectivity index (χ1n) is 6.22. The van der Waals surface area contributed by atoms with E-state index in [1.54, 1.807) is 12.1 Å². The van der Waals surface area contributed by atoms with Crippen molar-refractivity contribution >= 4 is 22.6 Å². The second-order valence-electron chi connectivity index (χ2n) is 4.24. The summed E-state index contributed by atoms with van der Waals surface area (Å²) in [6, 6.07) is 5.47. The first-order valence-corrected chi connectivity index (χ1v) is 6.22. The van der Waals surface area contributed by atoms with Crippen molar-refractivity contribution in [2.75, 3.05) is 18.0 Å². The van der Waals surface area contributed by atoms with E-state index in [-0.39, 0.29) is 5.56 Å². The average molecular weight is 260 g/mol. The molecule has 100 valence electrons. The Morgan fingerprint density at radius 1 is 1.32 bits per heavy atom. The van der Waals surface area contributed by atoms with E-state index in [4.69, 9.17) is 5.11 Å². The minimum atomic E-state index is -1.21. The quantitative estimate of drug-likeness (QED) is 0.882. The molecular formula is C14H16N2O3. The summed E-state index contributed by atoms with van der Waals surface area (Å²) in [5.41, 5.74) is 0.885. The van der Waals surface area contributed by atoms with Crippen LogP contribution in [0.3, 0.4) is 0 Å². The van der Waals surface area contributed by atoms with Gasteiger partial charge in [-0.05, 0) is 32.0 Å². The molecule has 1 aromatic heterocycles. The molecule has 0 saturated heterocycles. The van der Waals surface area contributed by atoms with Gasteiger partial charge in [-0.1, -0.05) is 0 Å². The molecule has 19 heavy (non-hydrogen) atoms. The number of nitrogens with zero attached hydrogens (tertiary/aromatic N) is 1. The van der Waals surface area contributed by atoms with E-state index >= 15 is 0 Å². The number of pyridine rings is 1. The minimum absolute atomic E-state index is 0.232. The summed E-state index contributed by atoms with van der Waals surface area (Å²) < 4.78 is 0. The number of nitrogens with one attached hydrogen (secondary N) is 1. The Balaban J connectivity index is 2.67. The van der Waals surface area contributed by atoms with E-state index in [2.05, 4.69) is 9.88 Å². The molecule has 0 spiro atoms. The lowest BCUT2D eigenvalue weighted by atomic mass is 10.1. The molecule has 0 aliphatic carbocycles. The number of carbonyl (C=O) groups is 1. The van der Waals surface area contributed by atoms with Gasteiger partial charge in [0.1, 0.15) is 5.56 Å². The number of anilines is 1. The number of carboxylic acids is 1. The largest absolute Gasteiger partial charge is 0.477 e. The maximum Gasteiger partial charge on any atom is 0.341 e. The van der Waals surface area contributed by atoms with Crippen molar-refractivity contribution in [3.63, 3.8) is 0 Å². The van der Waals surface area contributed by atoms with E-state index in [0.717, 1.165) is 18.8 Å². The second kappa shape index (κ2) is 5.14. The highest BCUT2D eigenvalue weighted by molar-refractivity contribution is 5.93. The Morgan fingerprint density at radius 3 is 2.58 bits per heavy atom. The van der Waals surface area contributed by atoms with Crippen molar-refractivity contribution in [1.29, 1.82) is 0 Å². The predicted octanol–water partition coefficient (Wildman–Crippen LogP) is 2.07. The summed E-state index contributed by atoms with van der Waals surface area (Å²) in [6.45, 7) is 5.73. The van der Waals surface area contributed by atoms with Crippen LogP contribution in [0.5, 0.6) is 0 Å². The molecule has 2 aromatic rings. The zero-order valence-electron chi connectivity index (χ0n) is 10.9. The molecule has 0 saturated carbocycles. The summed E-state index contributed by atoms with van der Waals surface area (Å²) in [7, 11) is 0. The highest BCUT2D eigenvalue weighted by Gasteiger charge is 2.12. The topological polar surface area (TPSA) is 73.4 Å². The number of H-pyrrole nitrogens is 1. The highest BCUT2D eigenvalue weighted by atomic mass is 16.4. The van der Waals surface area contributed by atoms with E-state index in [1.165, 1.54) is 6.20 Å². The molecule has 2 rings (SSSR count). The zero-order chi connectivity index (χ0) is 14.0. The summed E-state index contributed by atoms with van der Waals surface area (Å²) in [5.74, 6) is -1.21. The molecule has 0 unspecified atom stereocenters. The van der Waals surface area contributed by atoms with Crippen molar-refractivity contribution in [2.45, 2.75) is 13.8 Å². The van der Waals surface area contributed by atoms with Gasteiger partial charge in [0.25, 0.3) is 0 Å². The van der Waals surface area contributed by atoms with Crippen LogP contribution >= 0.6 is 0 Å². The smallest absolute Gasteiger partial charge is 0.341 e. The summed E-state index contributed by atoms with van der Waals surface area (Å²) in [4.78, 5) is 28.0. The lowest BCUT2D eigenvalue weighted by molar-refractivity contribution is 0.0695. The molecule has 0 aliphatic rings. The lowest BCUT2D eigenvalue weighted by Gasteiger charge is -2.21. The normalized spacial score (nSPS) is 10.6. The van der Waals surface area contributed by atoms with Crippen molar-refractivity contribution in [3.05, 3.63) is 40.2 Å². The molecule has 0 bridgehead atoms. The van der Waals surface area contributed by atoms with Crippen molar-refractivity contribution < 1.29 is 9.90 Å². The molecule has 0 amide bonds. The van der Waals surface area contributed by atoms with Crippen LogP contribution in [-0.2, 0) is 0 Å². The van der Waals surface area contributed by atoms with Gasteiger partial charge in [0, 0.05) is 35.9 Å². The minimum Gasteiger partial charge on any atom is -0.477 e. The number of aromatic carboxylic acids is 1. The molecule has 0 fully saturated rings. The molecule has 2 N–H and O–H groups in total. The number of aromatic amines is 1. The standard InChI is InChI=1S/C14H16N2O3/c1-3-16(4-2)9-5-6-12-10(7-9)13(17)11(8-15-12)14(18)19/h5-8H,3-4H2,1-2H3,(H,15,17)(H,18,19). The molecule has 1 aromatic carbocycles. The third kappa shape index (κ3) is 2.31. The van der Waals surface area contributed by atoms with Crippen molar-refractivity contribution in [3.8, 4) is 0 Å². The number of hydrogen-bond acceptors (Lipinski definition) is 3. The Morgan fingerprint density at radius 2 is 2.00 bits per heavy atom. The van der Waals surface area contributed by atoms with Crippen LogP contribution in [0.25, 0.3) is 10.9 Å². The van der Waals surface area contributed by atoms with Gasteiger partial charge in [0.15, 0.2) is 0 Å². The monoisotopic (exact) mass is 260 g/mol. The molecule has 0 aliphatic heterocycles. The van der Waals surface area contributed by atoms with Crippen LogP contribution in [0.1, 0.15) is 24.2 Å². The fraction of sp³-hybridized carbons (Fsp3) is 0.286. The first-order chi connectivity index (χ1) is 9.08. The molecule has 5 heteroatoms. The van der Waals surface area contributed by atoms with Gasteiger partial charge < -0.3 is 15.0 Å². The van der Waals surface area contributed by atoms with Crippen LogP contribution in [-0.4, -0.2) is 29.1 Å². The first kappa shape index (κ1) is 13.1. The maximum absolute atomic E-state index is 12.1. The number of rotatable bonds is 4. The zero-order valence-corrected chi connectivity index (χ0v) is 10.9. The van der Waals surface area contributed by atoms with Crippen molar-refractivity contribution in [2.24, 2.45) is 0 Å². The van der Waals surface area contributed by atoms with E-state index in [1.807, 2.05) is 19.9 Å². The molecule has 0 radical (unpaired) electrons. The molecule has 5 nitrogen and oxygen atoms in total. The van der Waals surface area contributed by atoms with E-state index in [0.29, 0.717) is 10.9 Å². The van der Waals surface area contributed by atoms with Crippen LogP contribution in [0.2, 0.25) is 0 Å². The fourth-order valence-electron chi connectivity index (χ4n) is 2.15. The number of benzene rings is 1. The number of fused-ring (bicyclic) bond motifs is 1. The van der Waals surface area contributed by atoms with Gasteiger partial charge in [-0.2, -0.15) is 0 Å². The van der Waals surface area contributed by atoms with E-state index < -0.39 is 11.4 Å². The lowest BCUT2D eigenvalue weighted by Crippen LogP contribution is -2.22. The van der Waals surface area contributed by atoms with Crippen LogP contribution < -0.4 is 10.3 Å². The Kier molecular flexibility index (Phi) is 3.55. The SMILES string of the molecule is CCN(CC)c1ccc2[nH]cc(C(=O)O)c(=O)c2c1. The summed E-state index contributed by atoms with van der Waals surface area (Å²) in [5, 5.41) is 9.37. The van der Waals surface area contributed by atoms with E-state index in [9.17, 15) is 9.59 Å². The molecular weight excluding hydrogens is 244 g/mol. The van der Waals surface area contributed by atoms with Crippen LogP contribution in [0, 0.1) is 0 Å². The summed E-state index contributed by atoms with van der Waals surface area (Å²) >= 11 is 0. The Bertz CT molecular complexity index is 672. The second-order valence-corrected chi connectivity index (χ2v) is 4.24. The van der Waals surface area contributed by atoms with Crippen LogP contribution in [0.4, 0.5) is 5.69 Å². The highest BCUT2D eigenvalue weighted by Crippen LogP contribution is 2.19. The Labute approximate surface area is 110 Å². The number of aromatic nitrogens is 1. The van der Waals surface area contributed by atoms with Gasteiger partial charge in [-0.15, -0.1) is 0 Å². The Hall–Kier alpha value is -2.30. The summed E-state index contributed by atoms with van der Waals surface area (Å²) in [6.07, 6.45) is 1.24. The van der Waals surface area contributed by atoms with Gasteiger partial charge in [0.2, 0.25) is 5.43 Å². The van der Waals surface area contributed by atoms with Crippen molar-refractivity contribution in [1.82, 2.24) is 4.98 Å². The fourth-order valence-corrected chi connectivity index (χ4v) is 2.15. The predicted molar refractivity (Wildman–Crippen MR) is 75.1 cm³/mol. The number of carboxylic acid groups (broad SMARTS) is 1. The van der Waals surface area contributed by atoms with Crippen LogP contribution in [0.15, 0.2) is 29.2 Å². The maximum atomic E-state index is 12.1. The average Bonchev–Trinajstić information content (AvgIpc) is 2.40. The molecule has 1 heterocycles.